The minimum absolute atomic E-state index is 0.00217. The highest BCUT2D eigenvalue weighted by Gasteiger charge is 2.51. The van der Waals surface area contributed by atoms with Crippen molar-refractivity contribution in [1.82, 2.24) is 0 Å². The van der Waals surface area contributed by atoms with Gasteiger partial charge in [-0.05, 0) is 77.5 Å². The minimum atomic E-state index is -4.00. The molecule has 8 heteroatoms. The number of aromatic hydroxyl groups is 1. The van der Waals surface area contributed by atoms with Gasteiger partial charge in [0.25, 0.3) is 0 Å². The van der Waals surface area contributed by atoms with Crippen LogP contribution in [0, 0.1) is 11.3 Å². The van der Waals surface area contributed by atoms with Crippen LogP contribution in [0.15, 0.2) is 35.2 Å². The molecule has 1 fully saturated rings. The Morgan fingerprint density at radius 3 is 2.69 bits per heavy atom. The summed E-state index contributed by atoms with van der Waals surface area (Å²) in [5.74, 6) is 0.825. The highest BCUT2D eigenvalue weighted by Crippen LogP contribution is 2.62. The Morgan fingerprint density at radius 1 is 1.31 bits per heavy atom. The SMILES string of the molecule is COc1cc2c(c(O)c1C(=O)/C=C/c1ccc(Cl)c(S(N)(=O)=O)c1)CCC(C)(C)C1CC21. The van der Waals surface area contributed by atoms with E-state index in [0.717, 1.165) is 24.0 Å². The number of phenolic OH excluding ortho intramolecular Hbond substituents is 1. The Balaban J connectivity index is 1.71. The van der Waals surface area contributed by atoms with E-state index in [9.17, 15) is 18.3 Å². The highest BCUT2D eigenvalue weighted by atomic mass is 35.5. The summed E-state index contributed by atoms with van der Waals surface area (Å²) in [5.41, 5.74) is 2.63. The number of primary sulfonamides is 1. The molecule has 0 spiro atoms. The van der Waals surface area contributed by atoms with Gasteiger partial charge in [0.1, 0.15) is 22.0 Å². The van der Waals surface area contributed by atoms with Crippen molar-refractivity contribution in [3.8, 4) is 11.5 Å². The molecule has 2 unspecified atom stereocenters. The average Bonchev–Trinajstić information content (AvgIpc) is 3.52. The van der Waals surface area contributed by atoms with E-state index in [1.165, 1.54) is 31.4 Å². The molecule has 2 aliphatic rings. The Hall–Kier alpha value is -2.35. The topological polar surface area (TPSA) is 107 Å². The number of benzene rings is 2. The van der Waals surface area contributed by atoms with Crippen molar-refractivity contribution in [3.63, 3.8) is 0 Å². The van der Waals surface area contributed by atoms with Crippen molar-refractivity contribution in [2.24, 2.45) is 16.5 Å². The van der Waals surface area contributed by atoms with Crippen LogP contribution in [0.5, 0.6) is 11.5 Å². The standard InChI is InChI=1S/C24H26ClNO5S/c1-24(2)9-8-14-15(16-11-17(16)24)12-20(31-3)22(23(14)28)19(27)7-5-13-4-6-18(25)21(10-13)32(26,29)30/h4-7,10,12,16-17,28H,8-9,11H2,1-3H3,(H2,26,29,30)/b7-5+. The maximum Gasteiger partial charge on any atom is 0.239 e. The molecule has 0 radical (unpaired) electrons. The average molecular weight is 476 g/mol. The molecule has 0 saturated heterocycles. The summed E-state index contributed by atoms with van der Waals surface area (Å²) in [6.45, 7) is 4.52. The fourth-order valence-corrected chi connectivity index (χ4v) is 5.91. The van der Waals surface area contributed by atoms with Crippen LogP contribution >= 0.6 is 11.6 Å². The lowest BCUT2D eigenvalue weighted by molar-refractivity contribution is 0.104. The summed E-state index contributed by atoms with van der Waals surface area (Å²) < 4.78 is 28.8. The first-order valence-corrected chi connectivity index (χ1v) is 12.3. The molecule has 2 aromatic carbocycles. The third-order valence-corrected chi connectivity index (χ3v) is 8.16. The van der Waals surface area contributed by atoms with Gasteiger partial charge in [-0.15, -0.1) is 0 Å². The Morgan fingerprint density at radius 2 is 2.03 bits per heavy atom. The third kappa shape index (κ3) is 4.05. The van der Waals surface area contributed by atoms with Gasteiger partial charge < -0.3 is 9.84 Å². The van der Waals surface area contributed by atoms with Gasteiger partial charge >= 0.3 is 0 Å². The van der Waals surface area contributed by atoms with Crippen LogP contribution in [0.3, 0.4) is 0 Å². The van der Waals surface area contributed by atoms with Crippen molar-refractivity contribution in [2.75, 3.05) is 7.11 Å². The summed E-state index contributed by atoms with van der Waals surface area (Å²) in [4.78, 5) is 12.8. The summed E-state index contributed by atoms with van der Waals surface area (Å²) in [5, 5.41) is 16.3. The van der Waals surface area contributed by atoms with E-state index in [1.807, 2.05) is 6.07 Å². The number of hydrogen-bond acceptors (Lipinski definition) is 5. The largest absolute Gasteiger partial charge is 0.507 e. The maximum atomic E-state index is 13.1. The predicted octanol–water partition coefficient (Wildman–Crippen LogP) is 4.67. The Labute approximate surface area is 193 Å². The van der Waals surface area contributed by atoms with Gasteiger partial charge in [-0.1, -0.05) is 37.6 Å². The number of carbonyl (C=O) groups excluding carboxylic acids is 1. The number of methoxy groups -OCH3 is 1. The molecule has 1 saturated carbocycles. The number of allylic oxidation sites excluding steroid dienone is 1. The second-order valence-corrected chi connectivity index (χ2v) is 11.2. The number of phenols is 1. The molecular weight excluding hydrogens is 450 g/mol. The number of rotatable bonds is 5. The first-order chi connectivity index (χ1) is 14.9. The number of ether oxygens (including phenoxy) is 1. The molecule has 2 atom stereocenters. The lowest BCUT2D eigenvalue weighted by Gasteiger charge is -2.23. The number of halogens is 1. The molecule has 0 amide bonds. The number of ketones is 1. The van der Waals surface area contributed by atoms with Crippen LogP contribution in [0.1, 0.15) is 59.7 Å². The van der Waals surface area contributed by atoms with E-state index >= 15 is 0 Å². The summed E-state index contributed by atoms with van der Waals surface area (Å²) in [6, 6.07) is 6.17. The minimum Gasteiger partial charge on any atom is -0.507 e. The monoisotopic (exact) mass is 475 g/mol. The molecule has 4 rings (SSSR count). The second kappa shape index (κ2) is 7.90. The van der Waals surface area contributed by atoms with Crippen molar-refractivity contribution < 1.29 is 23.1 Å². The Bertz CT molecular complexity index is 1250. The molecule has 0 bridgehead atoms. The number of fused-ring (bicyclic) bond motifs is 3. The molecule has 0 aliphatic heterocycles. The molecule has 170 valence electrons. The number of nitrogens with two attached hydrogens (primary N) is 1. The highest BCUT2D eigenvalue weighted by molar-refractivity contribution is 7.89. The summed E-state index contributed by atoms with van der Waals surface area (Å²) in [7, 11) is -2.52. The van der Waals surface area contributed by atoms with Crippen molar-refractivity contribution in [2.45, 2.75) is 43.9 Å². The van der Waals surface area contributed by atoms with Gasteiger partial charge in [0.15, 0.2) is 5.78 Å². The molecule has 0 heterocycles. The van der Waals surface area contributed by atoms with Crippen molar-refractivity contribution in [3.05, 3.63) is 57.6 Å². The first kappa shape index (κ1) is 22.8. The normalized spacial score (nSPS) is 21.5. The number of carbonyl (C=O) groups is 1. The molecule has 32 heavy (non-hydrogen) atoms. The molecule has 2 aliphatic carbocycles. The number of hydrogen-bond donors (Lipinski definition) is 2. The smallest absolute Gasteiger partial charge is 0.239 e. The van der Waals surface area contributed by atoms with Crippen molar-refractivity contribution in [1.29, 1.82) is 0 Å². The van der Waals surface area contributed by atoms with Crippen LogP contribution in [-0.4, -0.2) is 26.4 Å². The zero-order valence-electron chi connectivity index (χ0n) is 18.2. The predicted molar refractivity (Wildman–Crippen MR) is 124 cm³/mol. The van der Waals surface area contributed by atoms with Gasteiger partial charge in [-0.3, -0.25) is 4.79 Å². The van der Waals surface area contributed by atoms with E-state index in [2.05, 4.69) is 13.8 Å². The van der Waals surface area contributed by atoms with E-state index in [-0.39, 0.29) is 26.6 Å². The van der Waals surface area contributed by atoms with Gasteiger partial charge in [-0.2, -0.15) is 0 Å². The van der Waals surface area contributed by atoms with Gasteiger partial charge in [0.05, 0.1) is 12.1 Å². The van der Waals surface area contributed by atoms with E-state index in [0.29, 0.717) is 29.6 Å². The quantitative estimate of drug-likeness (QED) is 0.482. The van der Waals surface area contributed by atoms with E-state index < -0.39 is 15.8 Å². The maximum absolute atomic E-state index is 13.1. The zero-order chi connectivity index (χ0) is 23.4. The lowest BCUT2D eigenvalue weighted by Crippen LogP contribution is -2.14. The second-order valence-electron chi connectivity index (χ2n) is 9.24. The molecule has 3 N–H and O–H groups in total. The van der Waals surface area contributed by atoms with Gasteiger partial charge in [0.2, 0.25) is 10.0 Å². The molecule has 2 aromatic rings. The van der Waals surface area contributed by atoms with E-state index in [4.69, 9.17) is 21.5 Å². The van der Waals surface area contributed by atoms with Gasteiger partial charge in [-0.25, -0.2) is 13.6 Å². The van der Waals surface area contributed by atoms with Crippen LogP contribution in [0.25, 0.3) is 6.08 Å². The van der Waals surface area contributed by atoms with E-state index in [1.54, 1.807) is 6.07 Å². The van der Waals surface area contributed by atoms with Crippen molar-refractivity contribution >= 4 is 33.5 Å². The summed E-state index contributed by atoms with van der Waals surface area (Å²) >= 11 is 5.92. The van der Waals surface area contributed by atoms with Crippen LogP contribution in [-0.2, 0) is 16.4 Å². The summed E-state index contributed by atoms with van der Waals surface area (Å²) in [6.07, 6.45) is 5.45. The Kier molecular flexibility index (Phi) is 5.64. The fraction of sp³-hybridized carbons (Fsp3) is 0.375. The first-order valence-electron chi connectivity index (χ1n) is 10.4. The third-order valence-electron chi connectivity index (χ3n) is 6.77. The fourth-order valence-electron chi connectivity index (χ4n) is 4.83. The lowest BCUT2D eigenvalue weighted by atomic mass is 9.82. The molecular formula is C24H26ClNO5S. The van der Waals surface area contributed by atoms with Crippen LogP contribution in [0.4, 0.5) is 0 Å². The van der Waals surface area contributed by atoms with Crippen LogP contribution < -0.4 is 9.88 Å². The molecule has 6 nitrogen and oxygen atoms in total. The molecule has 0 aromatic heterocycles. The van der Waals surface area contributed by atoms with Gasteiger partial charge in [0, 0.05) is 0 Å². The zero-order valence-corrected chi connectivity index (χ0v) is 19.8. The number of sulfonamides is 1. The van der Waals surface area contributed by atoms with Crippen LogP contribution in [0.2, 0.25) is 5.02 Å².